The molecule has 0 saturated carbocycles. The maximum absolute atomic E-state index is 5.91. The van der Waals surface area contributed by atoms with Crippen molar-refractivity contribution < 1.29 is 0 Å². The standard InChI is InChI=1S/C7H5ClN2S/c8-6-4-1-2-11-7(4)10-3-5(6)9/h1-3H,9H2. The summed E-state index contributed by atoms with van der Waals surface area (Å²) < 4.78 is 0. The molecule has 0 aliphatic carbocycles. The third-order valence-electron chi connectivity index (χ3n) is 1.46. The number of pyridine rings is 1. The Bertz CT molecular complexity index is 396. The van der Waals surface area contributed by atoms with Gasteiger partial charge in [-0.25, -0.2) is 4.98 Å². The second-order valence-corrected chi connectivity index (χ2v) is 3.44. The van der Waals surface area contributed by atoms with Crippen LogP contribution >= 0.6 is 22.9 Å². The number of aromatic nitrogens is 1. The first-order chi connectivity index (χ1) is 5.29. The lowest BCUT2D eigenvalue weighted by molar-refractivity contribution is 1.45. The van der Waals surface area contributed by atoms with E-state index in [1.165, 1.54) is 0 Å². The van der Waals surface area contributed by atoms with Gasteiger partial charge in [0.25, 0.3) is 0 Å². The molecule has 56 valence electrons. The molecule has 0 aliphatic heterocycles. The SMILES string of the molecule is Nc1cnc2sccc2c1Cl. The predicted molar refractivity (Wildman–Crippen MR) is 49.0 cm³/mol. The molecule has 2 nitrogen and oxygen atoms in total. The molecule has 0 saturated heterocycles. The molecular weight excluding hydrogens is 180 g/mol. The molecule has 0 spiro atoms. The van der Waals surface area contributed by atoms with E-state index in [1.807, 2.05) is 11.4 Å². The monoisotopic (exact) mass is 184 g/mol. The Hall–Kier alpha value is -0.800. The molecule has 0 amide bonds. The Morgan fingerprint density at radius 3 is 3.18 bits per heavy atom. The van der Waals surface area contributed by atoms with Gasteiger partial charge in [-0.2, -0.15) is 0 Å². The van der Waals surface area contributed by atoms with Crippen LogP contribution in [0.2, 0.25) is 5.02 Å². The average molecular weight is 185 g/mol. The Kier molecular flexibility index (Phi) is 1.47. The van der Waals surface area contributed by atoms with Gasteiger partial charge in [0.05, 0.1) is 16.9 Å². The molecule has 0 unspecified atom stereocenters. The van der Waals surface area contributed by atoms with Crippen LogP contribution in [0.3, 0.4) is 0 Å². The molecule has 0 aromatic carbocycles. The lowest BCUT2D eigenvalue weighted by Gasteiger charge is -1.96. The van der Waals surface area contributed by atoms with Gasteiger partial charge >= 0.3 is 0 Å². The van der Waals surface area contributed by atoms with Crippen LogP contribution in [-0.2, 0) is 0 Å². The van der Waals surface area contributed by atoms with Gasteiger partial charge in [-0.15, -0.1) is 11.3 Å². The van der Waals surface area contributed by atoms with E-state index in [2.05, 4.69) is 4.98 Å². The fourth-order valence-corrected chi connectivity index (χ4v) is 1.91. The number of halogens is 1. The summed E-state index contributed by atoms with van der Waals surface area (Å²) in [6.45, 7) is 0. The molecule has 2 rings (SSSR count). The topological polar surface area (TPSA) is 38.9 Å². The fraction of sp³-hybridized carbons (Fsp3) is 0. The number of rotatable bonds is 0. The van der Waals surface area contributed by atoms with Crippen LogP contribution in [0.25, 0.3) is 10.2 Å². The van der Waals surface area contributed by atoms with E-state index in [-0.39, 0.29) is 0 Å². The van der Waals surface area contributed by atoms with Gasteiger partial charge in [0.15, 0.2) is 0 Å². The second-order valence-electron chi connectivity index (χ2n) is 2.17. The summed E-state index contributed by atoms with van der Waals surface area (Å²) in [5, 5.41) is 3.50. The number of hydrogen-bond donors (Lipinski definition) is 1. The lowest BCUT2D eigenvalue weighted by Crippen LogP contribution is -1.86. The van der Waals surface area contributed by atoms with Gasteiger partial charge in [0.1, 0.15) is 4.83 Å². The molecule has 2 aromatic heterocycles. The Morgan fingerprint density at radius 1 is 1.55 bits per heavy atom. The van der Waals surface area contributed by atoms with Crippen LogP contribution in [0.5, 0.6) is 0 Å². The molecule has 2 aromatic rings. The molecule has 0 atom stereocenters. The normalized spacial score (nSPS) is 10.6. The minimum Gasteiger partial charge on any atom is -0.396 e. The zero-order valence-corrected chi connectivity index (χ0v) is 7.12. The molecule has 0 fully saturated rings. The number of fused-ring (bicyclic) bond motifs is 1. The summed E-state index contributed by atoms with van der Waals surface area (Å²) in [4.78, 5) is 5.05. The van der Waals surface area contributed by atoms with Gasteiger partial charge in [0.2, 0.25) is 0 Å². The number of nitrogens with zero attached hydrogens (tertiary/aromatic N) is 1. The third-order valence-corrected chi connectivity index (χ3v) is 2.70. The van der Waals surface area contributed by atoms with Crippen molar-refractivity contribution in [3.63, 3.8) is 0 Å². The smallest absolute Gasteiger partial charge is 0.124 e. The molecule has 0 bridgehead atoms. The van der Waals surface area contributed by atoms with Crippen LogP contribution in [0.1, 0.15) is 0 Å². The summed E-state index contributed by atoms with van der Waals surface area (Å²) in [5.74, 6) is 0. The van der Waals surface area contributed by atoms with Crippen LogP contribution in [-0.4, -0.2) is 4.98 Å². The van der Waals surface area contributed by atoms with Crippen molar-refractivity contribution in [2.24, 2.45) is 0 Å². The number of nitrogen functional groups attached to an aromatic ring is 1. The number of nitrogens with two attached hydrogens (primary N) is 1. The van der Waals surface area contributed by atoms with Crippen LogP contribution in [0.4, 0.5) is 5.69 Å². The van der Waals surface area contributed by atoms with E-state index in [0.717, 1.165) is 10.2 Å². The Morgan fingerprint density at radius 2 is 2.36 bits per heavy atom. The van der Waals surface area contributed by atoms with E-state index >= 15 is 0 Å². The number of thiophene rings is 1. The maximum atomic E-state index is 5.91. The fourth-order valence-electron chi connectivity index (χ4n) is 0.909. The minimum absolute atomic E-state index is 0.539. The quantitative estimate of drug-likeness (QED) is 0.684. The Labute approximate surface area is 72.6 Å². The Balaban J connectivity index is 2.93. The molecule has 0 aliphatic rings. The van der Waals surface area contributed by atoms with Crippen molar-refractivity contribution >= 4 is 38.8 Å². The largest absolute Gasteiger partial charge is 0.396 e. The van der Waals surface area contributed by atoms with E-state index in [9.17, 15) is 0 Å². The zero-order chi connectivity index (χ0) is 7.84. The summed E-state index contributed by atoms with van der Waals surface area (Å²) in [7, 11) is 0. The highest BCUT2D eigenvalue weighted by molar-refractivity contribution is 7.16. The van der Waals surface area contributed by atoms with Gasteiger partial charge in [-0.1, -0.05) is 11.6 Å². The maximum Gasteiger partial charge on any atom is 0.124 e. The van der Waals surface area contributed by atoms with Crippen LogP contribution in [0.15, 0.2) is 17.6 Å². The van der Waals surface area contributed by atoms with Crippen molar-refractivity contribution in [3.05, 3.63) is 22.7 Å². The van der Waals surface area contributed by atoms with Crippen LogP contribution in [0, 0.1) is 0 Å². The first-order valence-electron chi connectivity index (χ1n) is 3.06. The first-order valence-corrected chi connectivity index (χ1v) is 4.32. The minimum atomic E-state index is 0.539. The molecule has 4 heteroatoms. The molecule has 11 heavy (non-hydrogen) atoms. The van der Waals surface area contributed by atoms with Crippen molar-refractivity contribution in [1.29, 1.82) is 0 Å². The molecule has 2 heterocycles. The highest BCUT2D eigenvalue weighted by Gasteiger charge is 2.03. The van der Waals surface area contributed by atoms with Gasteiger partial charge in [-0.05, 0) is 11.4 Å². The predicted octanol–water partition coefficient (Wildman–Crippen LogP) is 2.53. The molecule has 0 radical (unpaired) electrons. The highest BCUT2D eigenvalue weighted by Crippen LogP contribution is 2.29. The lowest BCUT2D eigenvalue weighted by atomic mass is 10.3. The van der Waals surface area contributed by atoms with E-state index in [1.54, 1.807) is 17.5 Å². The number of hydrogen-bond acceptors (Lipinski definition) is 3. The van der Waals surface area contributed by atoms with E-state index < -0.39 is 0 Å². The highest BCUT2D eigenvalue weighted by atomic mass is 35.5. The average Bonchev–Trinajstić information content (AvgIpc) is 2.45. The van der Waals surface area contributed by atoms with E-state index in [4.69, 9.17) is 17.3 Å². The summed E-state index contributed by atoms with van der Waals surface area (Å²) >= 11 is 7.47. The van der Waals surface area contributed by atoms with E-state index in [0.29, 0.717) is 10.7 Å². The van der Waals surface area contributed by atoms with Crippen LogP contribution < -0.4 is 5.73 Å². The second kappa shape index (κ2) is 2.36. The molecular formula is C7H5ClN2S. The third kappa shape index (κ3) is 0.968. The van der Waals surface area contributed by atoms with Crippen molar-refractivity contribution in [3.8, 4) is 0 Å². The summed E-state index contributed by atoms with van der Waals surface area (Å²) in [6.07, 6.45) is 1.58. The van der Waals surface area contributed by atoms with Gasteiger partial charge in [0, 0.05) is 5.39 Å². The molecule has 2 N–H and O–H groups in total. The van der Waals surface area contributed by atoms with Crippen molar-refractivity contribution in [1.82, 2.24) is 4.98 Å². The van der Waals surface area contributed by atoms with Gasteiger partial charge < -0.3 is 5.73 Å². The first kappa shape index (κ1) is 6.88. The summed E-state index contributed by atoms with van der Waals surface area (Å²) in [6, 6.07) is 1.92. The number of anilines is 1. The summed E-state index contributed by atoms with van der Waals surface area (Å²) in [5.41, 5.74) is 6.09. The van der Waals surface area contributed by atoms with Crippen molar-refractivity contribution in [2.75, 3.05) is 5.73 Å². The van der Waals surface area contributed by atoms with Gasteiger partial charge in [-0.3, -0.25) is 0 Å². The van der Waals surface area contributed by atoms with Crippen molar-refractivity contribution in [2.45, 2.75) is 0 Å². The zero-order valence-electron chi connectivity index (χ0n) is 5.54.